The molecule has 5 atom stereocenters. The molecule has 1 N–H and O–H groups in total. The maximum atomic E-state index is 15.5. The van der Waals surface area contributed by atoms with Crippen LogP contribution in [0, 0.1) is 22.7 Å². The number of hydrogen-bond acceptors (Lipinski definition) is 13. The molecule has 1 aliphatic rings. The van der Waals surface area contributed by atoms with E-state index < -0.39 is 49.8 Å². The number of nitrogens with one attached hydrogen (secondary N) is 1. The molecule has 3 heterocycles. The molecule has 1 unspecified atom stereocenters. The number of methoxy groups -OCH3 is 2. The highest BCUT2D eigenvalue weighted by Gasteiger charge is 2.53. The van der Waals surface area contributed by atoms with E-state index in [1.807, 2.05) is 113 Å². The number of aromatic amines is 1. The van der Waals surface area contributed by atoms with Crippen molar-refractivity contribution in [3.63, 3.8) is 0 Å². The number of aliphatic imine (C=N–C) groups is 1. The number of H-pyrrole nitrogens is 1. The van der Waals surface area contributed by atoms with E-state index in [0.717, 1.165) is 16.7 Å². The standard InChI is InChI=1S/C45H54N9O8P/c1-30(2)54(31(3)4)63(56,26-12-23-46)62-39-37(61-43(40(39)59-25-24-47)53-29-48-38-41(53)50-44(51-42(38)55)49-28-52(5)6)27-60-45(32-13-10-9-11-14-32,33-15-19-35(57-7)20-16-33)34-17-21-36(58-8)22-18-34/h9-11,13-22,28-31,37,39-40,43H,12,25-27H2,1-8H3,(H,50,51,55)/b49-28+/t37-,39-,40-,43-,63?/m1/s1. The van der Waals surface area contributed by atoms with Crippen LogP contribution in [-0.2, 0) is 28.9 Å². The summed E-state index contributed by atoms with van der Waals surface area (Å²) >= 11 is 0. The van der Waals surface area contributed by atoms with Crippen LogP contribution in [0.4, 0.5) is 5.95 Å². The Morgan fingerprint density at radius 2 is 1.52 bits per heavy atom. The highest BCUT2D eigenvalue weighted by molar-refractivity contribution is 7.56. The van der Waals surface area contributed by atoms with Crippen molar-refractivity contribution in [1.82, 2.24) is 29.1 Å². The summed E-state index contributed by atoms with van der Waals surface area (Å²) in [7, 11) is 2.86. The maximum absolute atomic E-state index is 15.5. The van der Waals surface area contributed by atoms with Crippen molar-refractivity contribution in [2.24, 2.45) is 4.99 Å². The van der Waals surface area contributed by atoms with Crippen LogP contribution in [0.15, 0.2) is 95.0 Å². The van der Waals surface area contributed by atoms with Crippen molar-refractivity contribution in [2.45, 2.75) is 76.3 Å². The first-order valence-electron chi connectivity index (χ1n) is 20.5. The van der Waals surface area contributed by atoms with Crippen LogP contribution in [0.3, 0.4) is 0 Å². The van der Waals surface area contributed by atoms with E-state index in [0.29, 0.717) is 11.5 Å². The fraction of sp³-hybridized carbons (Fsp3) is 0.422. The summed E-state index contributed by atoms with van der Waals surface area (Å²) in [6.07, 6.45) is -1.79. The van der Waals surface area contributed by atoms with Gasteiger partial charge in [-0.05, 0) is 68.7 Å². The average molecular weight is 880 g/mol. The van der Waals surface area contributed by atoms with E-state index in [9.17, 15) is 15.3 Å². The number of nitrogens with zero attached hydrogens (tertiary/aromatic N) is 8. The van der Waals surface area contributed by atoms with Crippen LogP contribution >= 0.6 is 7.52 Å². The van der Waals surface area contributed by atoms with Gasteiger partial charge in [0.2, 0.25) is 5.95 Å². The number of fused-ring (bicyclic) bond motifs is 1. The fourth-order valence-corrected chi connectivity index (χ4v) is 10.9. The van der Waals surface area contributed by atoms with Gasteiger partial charge in [-0.15, -0.1) is 0 Å². The van der Waals surface area contributed by atoms with Crippen LogP contribution in [0.2, 0.25) is 0 Å². The molecule has 3 aromatic carbocycles. The molecule has 1 saturated heterocycles. The molecule has 1 aliphatic heterocycles. The SMILES string of the molecule is COc1ccc(C(OC[C@H]2O[C@@H](n3cnc4c(=O)[nH]c(/N=C/N(C)C)nc43)[C@H](OCC#N)[C@@H]2OP(=O)(CCC#N)N(C(C)C)C(C)C)(c2ccccc2)c2ccc(OC)cc2)cc1. The van der Waals surface area contributed by atoms with E-state index >= 15 is 4.57 Å². The summed E-state index contributed by atoms with van der Waals surface area (Å²) < 4.78 is 57.4. The first-order valence-corrected chi connectivity index (χ1v) is 22.3. The Morgan fingerprint density at radius 1 is 0.921 bits per heavy atom. The Labute approximate surface area is 367 Å². The van der Waals surface area contributed by atoms with Gasteiger partial charge in [0.15, 0.2) is 17.4 Å². The van der Waals surface area contributed by atoms with Gasteiger partial charge in [0.05, 0.1) is 51.8 Å². The lowest BCUT2D eigenvalue weighted by atomic mass is 9.80. The van der Waals surface area contributed by atoms with Crippen LogP contribution in [-0.4, -0.2) is 114 Å². The highest BCUT2D eigenvalue weighted by atomic mass is 31.2. The molecule has 63 heavy (non-hydrogen) atoms. The summed E-state index contributed by atoms with van der Waals surface area (Å²) in [6, 6.07) is 28.5. The summed E-state index contributed by atoms with van der Waals surface area (Å²) in [5, 5.41) is 19.7. The second-order valence-electron chi connectivity index (χ2n) is 15.6. The van der Waals surface area contributed by atoms with Gasteiger partial charge in [0.1, 0.15) is 42.0 Å². The predicted molar refractivity (Wildman–Crippen MR) is 237 cm³/mol. The number of hydrogen-bond donors (Lipinski definition) is 1. The van der Waals surface area contributed by atoms with Crippen molar-refractivity contribution in [3.8, 4) is 23.6 Å². The largest absolute Gasteiger partial charge is 0.497 e. The van der Waals surface area contributed by atoms with Crippen LogP contribution < -0.4 is 15.0 Å². The lowest BCUT2D eigenvalue weighted by molar-refractivity contribution is -0.0943. The highest BCUT2D eigenvalue weighted by Crippen LogP contribution is 2.57. The molecule has 1 fully saturated rings. The van der Waals surface area contributed by atoms with Gasteiger partial charge < -0.3 is 33.1 Å². The molecule has 2 aromatic heterocycles. The molecule has 0 spiro atoms. The number of benzene rings is 3. The monoisotopic (exact) mass is 879 g/mol. The van der Waals surface area contributed by atoms with Crippen LogP contribution in [0.5, 0.6) is 11.5 Å². The van der Waals surface area contributed by atoms with Gasteiger partial charge in [-0.3, -0.25) is 18.9 Å². The zero-order valence-electron chi connectivity index (χ0n) is 36.7. The number of imidazole rings is 1. The first kappa shape index (κ1) is 46.6. The topological polar surface area (TPSA) is 202 Å². The van der Waals surface area contributed by atoms with Gasteiger partial charge in [-0.25, -0.2) is 14.6 Å². The number of nitriles is 2. The lowest BCUT2D eigenvalue weighted by Gasteiger charge is -2.40. The van der Waals surface area contributed by atoms with Crippen molar-refractivity contribution >= 4 is 31.0 Å². The first-order chi connectivity index (χ1) is 30.3. The fourth-order valence-electron chi connectivity index (χ4n) is 8.02. The van der Waals surface area contributed by atoms with E-state index in [1.54, 1.807) is 37.9 Å². The second-order valence-corrected chi connectivity index (χ2v) is 18.0. The van der Waals surface area contributed by atoms with Gasteiger partial charge in [-0.1, -0.05) is 54.6 Å². The molecular formula is C45H54N9O8P. The molecule has 0 saturated carbocycles. The Hall–Kier alpha value is -5.91. The number of aromatic nitrogens is 4. The smallest absolute Gasteiger partial charge is 0.280 e. The predicted octanol–water partition coefficient (Wildman–Crippen LogP) is 6.78. The third kappa shape index (κ3) is 10.0. The summed E-state index contributed by atoms with van der Waals surface area (Å²) in [5.74, 6) is 1.30. The van der Waals surface area contributed by atoms with Gasteiger partial charge in [0.25, 0.3) is 13.1 Å². The van der Waals surface area contributed by atoms with Gasteiger partial charge in [-0.2, -0.15) is 15.5 Å². The Morgan fingerprint density at radius 3 is 2.06 bits per heavy atom. The lowest BCUT2D eigenvalue weighted by Crippen LogP contribution is -2.44. The zero-order chi connectivity index (χ0) is 45.3. The average Bonchev–Trinajstić information content (AvgIpc) is 3.85. The molecule has 6 rings (SSSR count). The Kier molecular flexibility index (Phi) is 15.2. The Bertz CT molecular complexity index is 2460. The third-order valence-electron chi connectivity index (χ3n) is 10.6. The van der Waals surface area contributed by atoms with Crippen molar-refractivity contribution in [2.75, 3.05) is 47.7 Å². The minimum absolute atomic E-state index is 0.00573. The van der Waals surface area contributed by atoms with Crippen molar-refractivity contribution in [1.29, 1.82) is 10.5 Å². The van der Waals surface area contributed by atoms with Crippen molar-refractivity contribution < 1.29 is 32.8 Å². The molecule has 18 heteroatoms. The molecule has 332 valence electrons. The van der Waals surface area contributed by atoms with E-state index in [2.05, 4.69) is 26.0 Å². The van der Waals surface area contributed by atoms with E-state index in [1.165, 1.54) is 17.2 Å². The Balaban J connectivity index is 1.56. The third-order valence-corrected chi connectivity index (χ3v) is 13.6. The summed E-state index contributed by atoms with van der Waals surface area (Å²) in [6.45, 7) is 7.06. The molecule has 0 amide bonds. The molecule has 0 radical (unpaired) electrons. The van der Waals surface area contributed by atoms with Crippen LogP contribution in [0.1, 0.15) is 57.0 Å². The minimum atomic E-state index is -3.89. The number of rotatable bonds is 20. The molecule has 5 aromatic rings. The van der Waals surface area contributed by atoms with Gasteiger partial charge >= 0.3 is 0 Å². The molecular weight excluding hydrogens is 826 g/mol. The quantitative estimate of drug-likeness (QED) is 0.0371. The second kappa shape index (κ2) is 20.5. The zero-order valence-corrected chi connectivity index (χ0v) is 37.6. The molecule has 0 bridgehead atoms. The summed E-state index contributed by atoms with van der Waals surface area (Å²) in [5.41, 5.74) is 0.581. The molecule has 17 nitrogen and oxygen atoms in total. The number of ether oxygens (including phenoxy) is 5. The van der Waals surface area contributed by atoms with Crippen molar-refractivity contribution in [3.05, 3.63) is 112 Å². The minimum Gasteiger partial charge on any atom is -0.497 e. The maximum Gasteiger partial charge on any atom is 0.280 e. The van der Waals surface area contributed by atoms with Crippen LogP contribution in [0.25, 0.3) is 11.2 Å². The van der Waals surface area contributed by atoms with E-state index in [4.69, 9.17) is 28.2 Å². The van der Waals surface area contributed by atoms with E-state index in [-0.39, 0.29) is 48.4 Å². The summed E-state index contributed by atoms with van der Waals surface area (Å²) in [4.78, 5) is 31.0. The molecule has 0 aliphatic carbocycles. The normalized spacial score (nSPS) is 18.8. The van der Waals surface area contributed by atoms with Gasteiger partial charge in [0, 0.05) is 32.6 Å².